The molecule has 2 heterocycles. The van der Waals surface area contributed by atoms with Crippen molar-refractivity contribution < 1.29 is 17.2 Å². The summed E-state index contributed by atoms with van der Waals surface area (Å²) in [5, 5.41) is 1.14. The van der Waals surface area contributed by atoms with Gasteiger partial charge in [0.1, 0.15) is 10.8 Å². The molecule has 11 heteroatoms. The number of aromatic nitrogens is 1. The fourth-order valence-electron chi connectivity index (χ4n) is 3.90. The lowest BCUT2D eigenvalue weighted by Crippen LogP contribution is -2.38. The summed E-state index contributed by atoms with van der Waals surface area (Å²) in [7, 11) is -0.586. The molecule has 1 aromatic heterocycles. The molecule has 0 unspecified atom stereocenters. The number of anilines is 2. The fourth-order valence-corrected chi connectivity index (χ4v) is 6.14. The molecule has 3 rings (SSSR count). The maximum atomic E-state index is 15.0. The first-order valence-electron chi connectivity index (χ1n) is 8.94. The third kappa shape index (κ3) is 4.50. The summed E-state index contributed by atoms with van der Waals surface area (Å²) in [6, 6.07) is 1.00. The molecule has 0 saturated carbocycles. The van der Waals surface area contributed by atoms with Crippen molar-refractivity contribution in [1.82, 2.24) is 9.88 Å². The Bertz CT molecular complexity index is 998. The molecule has 1 N–H and O–H groups in total. The predicted molar refractivity (Wildman–Crippen MR) is 112 cm³/mol. The van der Waals surface area contributed by atoms with Gasteiger partial charge in [0.25, 0.3) is 10.0 Å². The van der Waals surface area contributed by atoms with E-state index in [1.54, 1.807) is 5.38 Å². The van der Waals surface area contributed by atoms with Gasteiger partial charge in [-0.3, -0.25) is 4.72 Å². The molecule has 2 aromatic rings. The molecule has 29 heavy (non-hydrogen) atoms. The highest BCUT2D eigenvalue weighted by Gasteiger charge is 2.41. The normalized spacial score (nSPS) is 19.2. The Hall–Kier alpha value is -1.49. The molecule has 1 atom stereocenters. The predicted octanol–water partition coefficient (Wildman–Crippen LogP) is 4.04. The number of thiazole rings is 1. The van der Waals surface area contributed by atoms with Crippen LogP contribution < -0.4 is 9.62 Å². The monoisotopic (exact) mass is 464 g/mol. The summed E-state index contributed by atoms with van der Waals surface area (Å²) in [6.07, 6.45) is 2.20. The molecule has 160 valence electrons. The number of nitrogens with zero attached hydrogens (tertiary/aromatic N) is 3. The molecule has 1 aromatic carbocycles. The van der Waals surface area contributed by atoms with E-state index < -0.39 is 31.6 Å². The van der Waals surface area contributed by atoms with Crippen molar-refractivity contribution in [2.75, 3.05) is 36.8 Å². The Morgan fingerprint density at radius 2 is 2.10 bits per heavy atom. The van der Waals surface area contributed by atoms with Crippen LogP contribution in [0, 0.1) is 17.6 Å². The SMILES string of the molecule is CN(C)C[C@H]1CN(c2cc(F)c(S(=O)(=O)Nc3nccs3)c(F)c2Cl)C(C)(C)C1. The molecule has 1 aliphatic rings. The molecule has 1 fully saturated rings. The number of hydrogen-bond donors (Lipinski definition) is 1. The fraction of sp³-hybridized carbons (Fsp3) is 0.500. The summed E-state index contributed by atoms with van der Waals surface area (Å²) in [5.41, 5.74) is -0.232. The van der Waals surface area contributed by atoms with E-state index in [1.165, 1.54) is 6.20 Å². The number of halogens is 3. The third-order valence-corrected chi connectivity index (χ3v) is 7.44. The van der Waals surface area contributed by atoms with E-state index in [-0.39, 0.29) is 22.3 Å². The van der Waals surface area contributed by atoms with E-state index in [4.69, 9.17) is 11.6 Å². The van der Waals surface area contributed by atoms with Gasteiger partial charge in [-0.25, -0.2) is 22.2 Å². The first-order chi connectivity index (χ1) is 13.4. The average molecular weight is 465 g/mol. The van der Waals surface area contributed by atoms with Gasteiger partial charge in [0.15, 0.2) is 15.8 Å². The summed E-state index contributed by atoms with van der Waals surface area (Å²) >= 11 is 7.22. The van der Waals surface area contributed by atoms with Gasteiger partial charge in [-0.15, -0.1) is 11.3 Å². The highest BCUT2D eigenvalue weighted by atomic mass is 35.5. The first kappa shape index (κ1) is 22.2. The van der Waals surface area contributed by atoms with Gasteiger partial charge in [-0.2, -0.15) is 0 Å². The van der Waals surface area contributed by atoms with Gasteiger partial charge < -0.3 is 9.80 Å². The van der Waals surface area contributed by atoms with E-state index in [0.717, 1.165) is 30.4 Å². The van der Waals surface area contributed by atoms with Crippen LogP contribution in [0.15, 0.2) is 22.5 Å². The van der Waals surface area contributed by atoms with Crippen molar-refractivity contribution in [2.45, 2.75) is 30.7 Å². The minimum atomic E-state index is -4.52. The molecule has 6 nitrogen and oxygen atoms in total. The maximum absolute atomic E-state index is 15.0. The van der Waals surface area contributed by atoms with Crippen molar-refractivity contribution in [3.05, 3.63) is 34.3 Å². The van der Waals surface area contributed by atoms with Crippen LogP contribution >= 0.6 is 22.9 Å². The summed E-state index contributed by atoms with van der Waals surface area (Å²) in [5.74, 6) is -2.22. The van der Waals surface area contributed by atoms with Crippen LogP contribution in [0.5, 0.6) is 0 Å². The van der Waals surface area contributed by atoms with E-state index in [0.29, 0.717) is 6.54 Å². The van der Waals surface area contributed by atoms with E-state index in [9.17, 15) is 12.8 Å². The van der Waals surface area contributed by atoms with Crippen molar-refractivity contribution in [3.8, 4) is 0 Å². The molecule has 1 saturated heterocycles. The molecule has 0 radical (unpaired) electrons. The van der Waals surface area contributed by atoms with Gasteiger partial charge in [-0.1, -0.05) is 11.6 Å². The van der Waals surface area contributed by atoms with Crippen molar-refractivity contribution in [1.29, 1.82) is 0 Å². The second-order valence-electron chi connectivity index (χ2n) is 8.03. The van der Waals surface area contributed by atoms with Crippen molar-refractivity contribution >= 4 is 43.8 Å². The topological polar surface area (TPSA) is 65.5 Å². The quantitative estimate of drug-likeness (QED) is 0.653. The van der Waals surface area contributed by atoms with E-state index >= 15 is 4.39 Å². The smallest absolute Gasteiger partial charge is 0.269 e. The molecule has 0 bridgehead atoms. The molecule has 0 aliphatic carbocycles. The van der Waals surface area contributed by atoms with Crippen LogP contribution in [0.4, 0.5) is 19.6 Å². The molecule has 0 amide bonds. The summed E-state index contributed by atoms with van der Waals surface area (Å²) in [4.78, 5) is 6.58. The average Bonchev–Trinajstić information content (AvgIpc) is 3.16. The highest BCUT2D eigenvalue weighted by Crippen LogP contribution is 2.43. The van der Waals surface area contributed by atoms with E-state index in [2.05, 4.69) is 14.6 Å². The van der Waals surface area contributed by atoms with Gasteiger partial charge >= 0.3 is 0 Å². The van der Waals surface area contributed by atoms with Crippen LogP contribution in [0.1, 0.15) is 20.3 Å². The van der Waals surface area contributed by atoms with E-state index in [1.807, 2.05) is 32.8 Å². The van der Waals surface area contributed by atoms with Crippen molar-refractivity contribution in [3.63, 3.8) is 0 Å². The van der Waals surface area contributed by atoms with Crippen LogP contribution in [0.2, 0.25) is 5.02 Å². The lowest BCUT2D eigenvalue weighted by Gasteiger charge is -2.34. The minimum absolute atomic E-state index is 0.0104. The number of rotatable bonds is 6. The second-order valence-corrected chi connectivity index (χ2v) is 10.9. The molecule has 0 spiro atoms. The number of benzene rings is 1. The molecular weight excluding hydrogens is 442 g/mol. The highest BCUT2D eigenvalue weighted by molar-refractivity contribution is 7.93. The Balaban J connectivity index is 1.99. The second kappa shape index (κ2) is 7.98. The number of sulfonamides is 1. The zero-order valence-corrected chi connectivity index (χ0v) is 18.9. The Morgan fingerprint density at radius 1 is 1.41 bits per heavy atom. The van der Waals surface area contributed by atoms with Crippen molar-refractivity contribution in [2.24, 2.45) is 5.92 Å². The summed E-state index contributed by atoms with van der Waals surface area (Å²) in [6.45, 7) is 5.34. The third-order valence-electron chi connectivity index (χ3n) is 4.89. The Labute approximate surface area is 178 Å². The standard InChI is InChI=1S/C18H23ClF2N4O2S2/c1-18(2)8-11(9-24(3)4)10-25(18)13-7-12(20)16(15(21)14(13)19)29(26,27)23-17-22-5-6-28-17/h5-7,11H,8-10H2,1-4H3,(H,22,23)/t11-/m0/s1. The van der Waals surface area contributed by atoms with Gasteiger partial charge in [0, 0.05) is 36.3 Å². The van der Waals surface area contributed by atoms with Crippen LogP contribution in [-0.4, -0.2) is 51.0 Å². The first-order valence-corrected chi connectivity index (χ1v) is 11.7. The largest absolute Gasteiger partial charge is 0.365 e. The minimum Gasteiger partial charge on any atom is -0.365 e. The lowest BCUT2D eigenvalue weighted by atomic mass is 9.96. The lowest BCUT2D eigenvalue weighted by molar-refractivity contribution is 0.328. The molecular formula is C18H23ClF2N4O2S2. The van der Waals surface area contributed by atoms with Crippen LogP contribution in [0.25, 0.3) is 0 Å². The Kier molecular flexibility index (Phi) is 6.11. The zero-order chi connectivity index (χ0) is 21.6. The van der Waals surface area contributed by atoms with Gasteiger partial charge in [0.05, 0.1) is 5.69 Å². The number of hydrogen-bond acceptors (Lipinski definition) is 6. The Morgan fingerprint density at radius 3 is 2.69 bits per heavy atom. The van der Waals surface area contributed by atoms with Crippen LogP contribution in [-0.2, 0) is 10.0 Å². The van der Waals surface area contributed by atoms with Gasteiger partial charge in [-0.05, 0) is 40.3 Å². The molecule has 1 aliphatic heterocycles. The summed E-state index contributed by atoms with van der Waals surface area (Å²) < 4.78 is 57.0. The maximum Gasteiger partial charge on any atom is 0.269 e. The zero-order valence-electron chi connectivity index (χ0n) is 16.5. The number of nitrogens with one attached hydrogen (secondary N) is 1. The van der Waals surface area contributed by atoms with Crippen LogP contribution in [0.3, 0.4) is 0 Å². The van der Waals surface area contributed by atoms with Gasteiger partial charge in [0.2, 0.25) is 0 Å².